The maximum atomic E-state index is 11.7. The highest BCUT2D eigenvalue weighted by molar-refractivity contribution is 7.11. The van der Waals surface area contributed by atoms with Crippen molar-refractivity contribution >= 4 is 17.2 Å². The number of thiazole rings is 1. The Balaban J connectivity index is 1.82. The van der Waals surface area contributed by atoms with Gasteiger partial charge in [-0.05, 0) is 19.1 Å². The van der Waals surface area contributed by atoms with E-state index in [0.29, 0.717) is 17.9 Å². The van der Waals surface area contributed by atoms with Crippen LogP contribution in [-0.4, -0.2) is 17.5 Å². The summed E-state index contributed by atoms with van der Waals surface area (Å²) in [5.41, 5.74) is 0.415. The van der Waals surface area contributed by atoms with Gasteiger partial charge < -0.3 is 10.1 Å². The molecular weight excluding hydrogens is 274 g/mol. The average molecular weight is 287 g/mol. The molecule has 0 aliphatic rings. The van der Waals surface area contributed by atoms with Crippen molar-refractivity contribution in [3.05, 3.63) is 45.9 Å². The summed E-state index contributed by atoms with van der Waals surface area (Å²) in [6.45, 7) is 2.24. The minimum absolute atomic E-state index is 0.115. The lowest BCUT2D eigenvalue weighted by molar-refractivity contribution is -0.123. The highest BCUT2D eigenvalue weighted by Crippen LogP contribution is 2.16. The second kappa shape index (κ2) is 6.68. The smallest absolute Gasteiger partial charge is 0.258 e. The third-order valence-electron chi connectivity index (χ3n) is 2.50. The first-order valence-electron chi connectivity index (χ1n) is 5.99. The van der Waals surface area contributed by atoms with Crippen molar-refractivity contribution in [2.75, 3.05) is 6.61 Å². The Kier molecular flexibility index (Phi) is 4.69. The summed E-state index contributed by atoms with van der Waals surface area (Å²) in [4.78, 5) is 16.8. The van der Waals surface area contributed by atoms with E-state index in [-0.39, 0.29) is 12.5 Å². The third-order valence-corrected chi connectivity index (χ3v) is 3.41. The van der Waals surface area contributed by atoms with Crippen LogP contribution < -0.4 is 10.1 Å². The van der Waals surface area contributed by atoms with Crippen LogP contribution in [0.25, 0.3) is 0 Å². The van der Waals surface area contributed by atoms with Gasteiger partial charge in [-0.2, -0.15) is 5.26 Å². The Morgan fingerprint density at radius 1 is 1.50 bits per heavy atom. The SMILES string of the molecule is Cc1ncc(CNC(=O)COc2ccccc2C#N)s1. The molecule has 0 bridgehead atoms. The predicted molar refractivity (Wildman–Crippen MR) is 75.3 cm³/mol. The Bertz CT molecular complexity index is 646. The Labute approximate surface area is 120 Å². The maximum Gasteiger partial charge on any atom is 0.258 e. The molecule has 5 nitrogen and oxygen atoms in total. The number of nitriles is 1. The van der Waals surface area contributed by atoms with Crippen molar-refractivity contribution in [3.8, 4) is 11.8 Å². The molecule has 2 rings (SSSR count). The molecule has 0 saturated heterocycles. The fraction of sp³-hybridized carbons (Fsp3) is 0.214. The lowest BCUT2D eigenvalue weighted by Gasteiger charge is -2.07. The standard InChI is InChI=1S/C14H13N3O2S/c1-10-16-7-12(20-10)8-17-14(18)9-19-13-5-3-2-4-11(13)6-15/h2-5,7H,8-9H2,1H3,(H,17,18). The molecule has 0 aliphatic carbocycles. The van der Waals surface area contributed by atoms with Gasteiger partial charge in [0.1, 0.15) is 11.8 Å². The predicted octanol–water partition coefficient (Wildman–Crippen LogP) is 2.02. The fourth-order valence-electron chi connectivity index (χ4n) is 1.55. The number of hydrogen-bond acceptors (Lipinski definition) is 5. The van der Waals surface area contributed by atoms with Crippen LogP contribution in [-0.2, 0) is 11.3 Å². The number of nitrogens with zero attached hydrogens (tertiary/aromatic N) is 2. The summed E-state index contributed by atoms with van der Waals surface area (Å²) >= 11 is 1.54. The van der Waals surface area contributed by atoms with Crippen LogP contribution >= 0.6 is 11.3 Å². The number of hydrogen-bond donors (Lipinski definition) is 1. The molecule has 102 valence electrons. The largest absolute Gasteiger partial charge is 0.482 e. The van der Waals surface area contributed by atoms with E-state index < -0.39 is 0 Å². The van der Waals surface area contributed by atoms with Gasteiger partial charge in [0.2, 0.25) is 0 Å². The molecule has 20 heavy (non-hydrogen) atoms. The number of aromatic nitrogens is 1. The van der Waals surface area contributed by atoms with Crippen LogP contribution in [0.15, 0.2) is 30.5 Å². The highest BCUT2D eigenvalue weighted by Gasteiger charge is 2.06. The number of ether oxygens (including phenoxy) is 1. The van der Waals surface area contributed by atoms with Gasteiger partial charge in [0.15, 0.2) is 6.61 Å². The first-order valence-corrected chi connectivity index (χ1v) is 6.80. The van der Waals surface area contributed by atoms with Gasteiger partial charge in [0.05, 0.1) is 17.1 Å². The third kappa shape index (κ3) is 3.80. The number of benzene rings is 1. The van der Waals surface area contributed by atoms with Crippen molar-refractivity contribution < 1.29 is 9.53 Å². The molecule has 1 N–H and O–H groups in total. The van der Waals surface area contributed by atoms with E-state index >= 15 is 0 Å². The Morgan fingerprint density at radius 2 is 2.30 bits per heavy atom. The monoisotopic (exact) mass is 287 g/mol. The molecule has 2 aromatic rings. The van der Waals surface area contributed by atoms with E-state index in [9.17, 15) is 4.79 Å². The molecule has 0 fully saturated rings. The van der Waals surface area contributed by atoms with Crippen molar-refractivity contribution in [3.63, 3.8) is 0 Å². The van der Waals surface area contributed by atoms with Crippen LogP contribution in [0.2, 0.25) is 0 Å². The number of carbonyl (C=O) groups excluding carboxylic acids is 1. The van der Waals surface area contributed by atoms with Gasteiger partial charge in [0, 0.05) is 11.1 Å². The van der Waals surface area contributed by atoms with Crippen LogP contribution in [0, 0.1) is 18.3 Å². The van der Waals surface area contributed by atoms with Crippen LogP contribution in [0.3, 0.4) is 0 Å². The van der Waals surface area contributed by atoms with Gasteiger partial charge in [-0.25, -0.2) is 4.98 Å². The second-order valence-electron chi connectivity index (χ2n) is 4.02. The van der Waals surface area contributed by atoms with Crippen molar-refractivity contribution in [1.82, 2.24) is 10.3 Å². The lowest BCUT2D eigenvalue weighted by atomic mass is 10.2. The number of carbonyl (C=O) groups is 1. The van der Waals surface area contributed by atoms with Crippen LogP contribution in [0.1, 0.15) is 15.4 Å². The van der Waals surface area contributed by atoms with E-state index in [1.165, 1.54) is 0 Å². The molecule has 0 radical (unpaired) electrons. The Morgan fingerprint density at radius 3 is 3.00 bits per heavy atom. The first-order chi connectivity index (χ1) is 9.69. The zero-order chi connectivity index (χ0) is 14.4. The molecular formula is C14H13N3O2S. The molecule has 0 unspecified atom stereocenters. The number of para-hydroxylation sites is 1. The summed E-state index contributed by atoms with van der Waals surface area (Å²) in [7, 11) is 0. The highest BCUT2D eigenvalue weighted by atomic mass is 32.1. The normalized spacial score (nSPS) is 9.80. The first kappa shape index (κ1) is 14.0. The van der Waals surface area contributed by atoms with Crippen molar-refractivity contribution in [1.29, 1.82) is 5.26 Å². The molecule has 0 spiro atoms. The molecule has 1 aromatic heterocycles. The average Bonchev–Trinajstić information content (AvgIpc) is 2.89. The summed E-state index contributed by atoms with van der Waals surface area (Å²) in [6.07, 6.45) is 1.74. The second-order valence-corrected chi connectivity index (χ2v) is 5.34. The molecule has 6 heteroatoms. The van der Waals surface area contributed by atoms with Gasteiger partial charge in [0.25, 0.3) is 5.91 Å². The minimum Gasteiger partial charge on any atom is -0.482 e. The van der Waals surface area contributed by atoms with Gasteiger partial charge in [-0.3, -0.25) is 4.79 Å². The molecule has 0 aliphatic heterocycles. The number of rotatable bonds is 5. The van der Waals surface area contributed by atoms with E-state index in [0.717, 1.165) is 9.88 Å². The molecule has 1 aromatic carbocycles. The quantitative estimate of drug-likeness (QED) is 0.913. The molecule has 1 heterocycles. The lowest BCUT2D eigenvalue weighted by Crippen LogP contribution is -2.28. The number of amides is 1. The zero-order valence-electron chi connectivity index (χ0n) is 10.9. The number of aryl methyl sites for hydroxylation is 1. The zero-order valence-corrected chi connectivity index (χ0v) is 11.7. The van der Waals surface area contributed by atoms with Crippen molar-refractivity contribution in [2.24, 2.45) is 0 Å². The van der Waals surface area contributed by atoms with Crippen molar-refractivity contribution in [2.45, 2.75) is 13.5 Å². The van der Waals surface area contributed by atoms with Crippen LogP contribution in [0.4, 0.5) is 0 Å². The summed E-state index contributed by atoms with van der Waals surface area (Å²) in [5.74, 6) is 0.183. The Hall–Kier alpha value is -2.39. The number of nitrogens with one attached hydrogen (secondary N) is 1. The van der Waals surface area contributed by atoms with Crippen LogP contribution in [0.5, 0.6) is 5.75 Å². The van der Waals surface area contributed by atoms with E-state index in [1.807, 2.05) is 13.0 Å². The molecule has 0 atom stereocenters. The summed E-state index contributed by atoms with van der Waals surface area (Å²) in [6, 6.07) is 8.83. The minimum atomic E-state index is -0.233. The van der Waals surface area contributed by atoms with Gasteiger partial charge in [-0.15, -0.1) is 11.3 Å². The fourth-order valence-corrected chi connectivity index (χ4v) is 2.29. The maximum absolute atomic E-state index is 11.7. The van der Waals surface area contributed by atoms with E-state index in [4.69, 9.17) is 10.00 Å². The summed E-state index contributed by atoms with van der Waals surface area (Å²) in [5, 5.41) is 12.6. The molecule has 1 amide bonds. The molecule has 0 saturated carbocycles. The van der Waals surface area contributed by atoms with E-state index in [1.54, 1.807) is 41.8 Å². The van der Waals surface area contributed by atoms with Gasteiger partial charge >= 0.3 is 0 Å². The van der Waals surface area contributed by atoms with Gasteiger partial charge in [-0.1, -0.05) is 12.1 Å². The topological polar surface area (TPSA) is 75.0 Å². The summed E-state index contributed by atoms with van der Waals surface area (Å²) < 4.78 is 5.34. The van der Waals surface area contributed by atoms with E-state index in [2.05, 4.69) is 10.3 Å².